The molecule has 2 aromatic carbocycles. The summed E-state index contributed by atoms with van der Waals surface area (Å²) in [6.45, 7) is 2.79. The van der Waals surface area contributed by atoms with E-state index in [0.29, 0.717) is 10.9 Å². The molecule has 1 amide bonds. The fraction of sp³-hybridized carbons (Fsp3) is 0.211. The predicted octanol–water partition coefficient (Wildman–Crippen LogP) is 3.46. The van der Waals surface area contributed by atoms with E-state index in [4.69, 9.17) is 0 Å². The van der Waals surface area contributed by atoms with Crippen LogP contribution in [0.25, 0.3) is 11.4 Å². The molecule has 0 radical (unpaired) electrons. The number of aromatic nitrogens is 3. The minimum atomic E-state index is 0.0946. The maximum Gasteiger partial charge on any atom is 0.237 e. The number of anilines is 1. The summed E-state index contributed by atoms with van der Waals surface area (Å²) in [5, 5.41) is 7.79. The molecule has 3 aromatic rings. The first-order valence-electron chi connectivity index (χ1n) is 8.22. The third-order valence-electron chi connectivity index (χ3n) is 4.38. The molecule has 1 N–H and O–H groups in total. The number of benzene rings is 2. The Labute approximate surface area is 150 Å². The maximum absolute atomic E-state index is 12.6. The van der Waals surface area contributed by atoms with Crippen molar-refractivity contribution in [2.24, 2.45) is 0 Å². The van der Waals surface area contributed by atoms with Gasteiger partial charge in [-0.15, -0.1) is 5.10 Å². The van der Waals surface area contributed by atoms with Crippen LogP contribution in [0.4, 0.5) is 5.69 Å². The Bertz CT molecular complexity index is 921. The fourth-order valence-electron chi connectivity index (χ4n) is 3.07. The van der Waals surface area contributed by atoms with Gasteiger partial charge >= 0.3 is 0 Å². The van der Waals surface area contributed by atoms with Gasteiger partial charge in [-0.2, -0.15) is 0 Å². The summed E-state index contributed by atoms with van der Waals surface area (Å²) in [6.07, 6.45) is 0.921. The average molecular weight is 350 g/mol. The van der Waals surface area contributed by atoms with Crippen LogP contribution in [0.5, 0.6) is 0 Å². The van der Waals surface area contributed by atoms with E-state index in [1.54, 1.807) is 0 Å². The van der Waals surface area contributed by atoms with Crippen LogP contribution < -0.4 is 4.90 Å². The zero-order valence-electron chi connectivity index (χ0n) is 13.9. The van der Waals surface area contributed by atoms with Crippen molar-refractivity contribution in [3.05, 3.63) is 59.7 Å². The molecular formula is C19H18N4OS. The Morgan fingerprint density at radius 1 is 1.20 bits per heavy atom. The average Bonchev–Trinajstić information content (AvgIpc) is 3.27. The lowest BCUT2D eigenvalue weighted by Crippen LogP contribution is -2.30. The summed E-state index contributed by atoms with van der Waals surface area (Å²) in [5.74, 6) is 1.16. The second kappa shape index (κ2) is 6.72. The first-order chi connectivity index (χ1) is 12.2. The van der Waals surface area contributed by atoms with Gasteiger partial charge in [0.1, 0.15) is 0 Å². The molecule has 6 heteroatoms. The number of aryl methyl sites for hydroxylation is 1. The third kappa shape index (κ3) is 3.17. The van der Waals surface area contributed by atoms with Crippen molar-refractivity contribution >= 4 is 23.4 Å². The first-order valence-corrected chi connectivity index (χ1v) is 9.20. The molecule has 0 bridgehead atoms. The van der Waals surface area contributed by atoms with E-state index in [0.717, 1.165) is 35.6 Å². The highest BCUT2D eigenvalue weighted by molar-refractivity contribution is 7.99. The van der Waals surface area contributed by atoms with Crippen LogP contribution in [0.3, 0.4) is 0 Å². The number of rotatable bonds is 4. The molecule has 2 heterocycles. The predicted molar refractivity (Wildman–Crippen MR) is 99.8 cm³/mol. The zero-order valence-corrected chi connectivity index (χ0v) is 14.7. The molecule has 4 rings (SSSR count). The number of hydrogen-bond donors (Lipinski definition) is 1. The van der Waals surface area contributed by atoms with Gasteiger partial charge in [0.25, 0.3) is 0 Å². The van der Waals surface area contributed by atoms with Crippen molar-refractivity contribution in [3.8, 4) is 11.4 Å². The number of amides is 1. The van der Waals surface area contributed by atoms with E-state index >= 15 is 0 Å². The number of thioether (sulfide) groups is 1. The minimum Gasteiger partial charge on any atom is -0.311 e. The standard InChI is InChI=1S/C19H18N4OS/c1-13-6-2-4-8-15(13)18-20-19(22-21-18)25-12-17(24)23-11-10-14-7-3-5-9-16(14)23/h2-9H,10-12H2,1H3,(H,20,21,22). The molecule has 25 heavy (non-hydrogen) atoms. The van der Waals surface area contributed by atoms with Gasteiger partial charge in [0, 0.05) is 17.8 Å². The Morgan fingerprint density at radius 2 is 2.00 bits per heavy atom. The van der Waals surface area contributed by atoms with Crippen molar-refractivity contribution < 1.29 is 4.79 Å². The monoisotopic (exact) mass is 350 g/mol. The quantitative estimate of drug-likeness (QED) is 0.732. The normalized spacial score (nSPS) is 13.1. The van der Waals surface area contributed by atoms with Crippen LogP contribution in [0, 0.1) is 6.92 Å². The van der Waals surface area contributed by atoms with E-state index in [1.807, 2.05) is 54.3 Å². The van der Waals surface area contributed by atoms with Crippen LogP contribution >= 0.6 is 11.8 Å². The number of fused-ring (bicyclic) bond motifs is 1. The number of hydrogen-bond acceptors (Lipinski definition) is 4. The molecule has 1 aromatic heterocycles. The molecule has 0 spiro atoms. The van der Waals surface area contributed by atoms with E-state index in [9.17, 15) is 4.79 Å². The Kier molecular flexibility index (Phi) is 4.28. The van der Waals surface area contributed by atoms with Crippen molar-refractivity contribution in [3.63, 3.8) is 0 Å². The van der Waals surface area contributed by atoms with Gasteiger partial charge in [0.2, 0.25) is 11.1 Å². The molecule has 0 atom stereocenters. The molecule has 0 saturated carbocycles. The number of H-pyrrole nitrogens is 1. The lowest BCUT2D eigenvalue weighted by Gasteiger charge is -2.16. The van der Waals surface area contributed by atoms with Crippen molar-refractivity contribution in [2.45, 2.75) is 18.5 Å². The smallest absolute Gasteiger partial charge is 0.237 e. The third-order valence-corrected chi connectivity index (χ3v) is 5.21. The second-order valence-corrected chi connectivity index (χ2v) is 6.94. The van der Waals surface area contributed by atoms with Crippen LogP contribution in [0.1, 0.15) is 11.1 Å². The van der Waals surface area contributed by atoms with Gasteiger partial charge in [-0.25, -0.2) is 4.98 Å². The van der Waals surface area contributed by atoms with E-state index < -0.39 is 0 Å². The van der Waals surface area contributed by atoms with Gasteiger partial charge in [-0.1, -0.05) is 54.2 Å². The van der Waals surface area contributed by atoms with Gasteiger partial charge in [-0.3, -0.25) is 9.89 Å². The number of carbonyl (C=O) groups is 1. The van der Waals surface area contributed by atoms with Crippen LogP contribution in [-0.2, 0) is 11.2 Å². The zero-order chi connectivity index (χ0) is 17.2. The molecule has 0 unspecified atom stereocenters. The number of carbonyl (C=O) groups excluding carboxylic acids is 1. The van der Waals surface area contributed by atoms with Gasteiger partial charge < -0.3 is 4.90 Å². The lowest BCUT2D eigenvalue weighted by molar-refractivity contribution is -0.116. The largest absolute Gasteiger partial charge is 0.311 e. The molecule has 126 valence electrons. The van der Waals surface area contributed by atoms with Crippen LogP contribution in [-0.4, -0.2) is 33.4 Å². The summed E-state index contributed by atoms with van der Waals surface area (Å²) >= 11 is 1.37. The topological polar surface area (TPSA) is 61.9 Å². The SMILES string of the molecule is Cc1ccccc1-c1nc(SCC(=O)N2CCc3ccccc32)n[nH]1. The number of para-hydroxylation sites is 1. The van der Waals surface area contributed by atoms with Crippen LogP contribution in [0.2, 0.25) is 0 Å². The molecule has 0 aliphatic carbocycles. The van der Waals surface area contributed by atoms with Gasteiger partial charge in [0.05, 0.1) is 5.75 Å². The highest BCUT2D eigenvalue weighted by Gasteiger charge is 2.24. The van der Waals surface area contributed by atoms with Crippen LogP contribution in [0.15, 0.2) is 53.7 Å². The molecular weight excluding hydrogens is 332 g/mol. The Balaban J connectivity index is 1.43. The highest BCUT2D eigenvalue weighted by atomic mass is 32.2. The minimum absolute atomic E-state index is 0.0946. The summed E-state index contributed by atoms with van der Waals surface area (Å²) in [7, 11) is 0. The number of nitrogens with zero attached hydrogens (tertiary/aromatic N) is 3. The molecule has 1 aliphatic rings. The van der Waals surface area contributed by atoms with Gasteiger partial charge in [0.15, 0.2) is 5.82 Å². The fourth-order valence-corrected chi connectivity index (χ4v) is 3.75. The molecule has 0 saturated heterocycles. The first kappa shape index (κ1) is 15.9. The second-order valence-electron chi connectivity index (χ2n) is 5.99. The van der Waals surface area contributed by atoms with Crippen molar-refractivity contribution in [2.75, 3.05) is 17.2 Å². The van der Waals surface area contributed by atoms with Crippen molar-refractivity contribution in [1.82, 2.24) is 15.2 Å². The Morgan fingerprint density at radius 3 is 2.88 bits per heavy atom. The number of aromatic amines is 1. The molecule has 5 nitrogen and oxygen atoms in total. The Hall–Kier alpha value is -2.60. The summed E-state index contributed by atoms with van der Waals surface area (Å²) < 4.78 is 0. The summed E-state index contributed by atoms with van der Waals surface area (Å²) in [6, 6.07) is 16.1. The summed E-state index contributed by atoms with van der Waals surface area (Å²) in [5.41, 5.74) is 4.44. The van der Waals surface area contributed by atoms with E-state index in [-0.39, 0.29) is 5.91 Å². The highest BCUT2D eigenvalue weighted by Crippen LogP contribution is 2.29. The van der Waals surface area contributed by atoms with E-state index in [2.05, 4.69) is 21.2 Å². The lowest BCUT2D eigenvalue weighted by atomic mass is 10.1. The van der Waals surface area contributed by atoms with Gasteiger partial charge in [-0.05, 0) is 30.5 Å². The number of nitrogens with one attached hydrogen (secondary N) is 1. The molecule has 0 fully saturated rings. The van der Waals surface area contributed by atoms with E-state index in [1.165, 1.54) is 17.3 Å². The van der Waals surface area contributed by atoms with Crippen molar-refractivity contribution in [1.29, 1.82) is 0 Å². The summed E-state index contributed by atoms with van der Waals surface area (Å²) in [4.78, 5) is 18.9. The molecule has 1 aliphatic heterocycles. The maximum atomic E-state index is 12.6.